The molecular formula is C11H14F3NO3S. The lowest BCUT2D eigenvalue weighted by Crippen LogP contribution is -2.28. The van der Waals surface area contributed by atoms with E-state index < -0.39 is 35.3 Å². The third-order valence-corrected chi connectivity index (χ3v) is 3.85. The van der Waals surface area contributed by atoms with Gasteiger partial charge < -0.3 is 5.11 Å². The highest BCUT2D eigenvalue weighted by atomic mass is 32.2. The third kappa shape index (κ3) is 5.17. The number of sulfonamides is 1. The van der Waals surface area contributed by atoms with Crippen molar-refractivity contribution in [2.45, 2.75) is 30.5 Å². The second kappa shape index (κ2) is 5.89. The van der Waals surface area contributed by atoms with E-state index in [0.717, 1.165) is 0 Å². The first kappa shape index (κ1) is 15.9. The Hall–Kier alpha value is -1.12. The number of hydrogen-bond acceptors (Lipinski definition) is 3. The minimum absolute atomic E-state index is 0.140. The summed E-state index contributed by atoms with van der Waals surface area (Å²) in [5.74, 6) is 0. The fourth-order valence-electron chi connectivity index (χ4n) is 1.34. The van der Waals surface area contributed by atoms with Gasteiger partial charge in [-0.3, -0.25) is 0 Å². The zero-order valence-electron chi connectivity index (χ0n) is 10.1. The van der Waals surface area contributed by atoms with Crippen molar-refractivity contribution in [1.29, 1.82) is 0 Å². The first-order valence-corrected chi connectivity index (χ1v) is 6.94. The van der Waals surface area contributed by atoms with Crippen LogP contribution in [0.25, 0.3) is 0 Å². The summed E-state index contributed by atoms with van der Waals surface area (Å²) in [5.41, 5.74) is 0.522. The van der Waals surface area contributed by atoms with Crippen LogP contribution >= 0.6 is 0 Å². The average Bonchev–Trinajstić information content (AvgIpc) is 2.27. The van der Waals surface area contributed by atoms with E-state index in [4.69, 9.17) is 0 Å². The highest BCUT2D eigenvalue weighted by molar-refractivity contribution is 7.89. The minimum Gasteiger partial charge on any atom is -0.389 e. The number of rotatable bonds is 5. The second-order valence-corrected chi connectivity index (χ2v) is 5.77. The summed E-state index contributed by atoms with van der Waals surface area (Å²) in [6.07, 6.45) is -6.37. The molecule has 0 aliphatic carbocycles. The van der Waals surface area contributed by atoms with Crippen LogP contribution in [-0.4, -0.2) is 26.2 Å². The Bertz CT molecular complexity index is 509. The van der Waals surface area contributed by atoms with Gasteiger partial charge in [0.05, 0.1) is 17.4 Å². The summed E-state index contributed by atoms with van der Waals surface area (Å²) < 4.78 is 60.9. The Kier molecular flexibility index (Phi) is 4.94. The SMILES string of the molecule is CC(O)c1ccc(S(=O)(=O)NCCC(F)(F)F)cc1. The van der Waals surface area contributed by atoms with E-state index in [1.54, 1.807) is 0 Å². The van der Waals surface area contributed by atoms with E-state index in [9.17, 15) is 26.7 Å². The van der Waals surface area contributed by atoms with Crippen LogP contribution in [0.2, 0.25) is 0 Å². The molecule has 0 bridgehead atoms. The van der Waals surface area contributed by atoms with Gasteiger partial charge in [0.25, 0.3) is 0 Å². The standard InChI is InChI=1S/C11H14F3NO3S/c1-8(16)9-2-4-10(5-3-9)19(17,18)15-7-6-11(12,13)14/h2-5,8,15-16H,6-7H2,1H3. The number of nitrogens with one attached hydrogen (secondary N) is 1. The smallest absolute Gasteiger partial charge is 0.389 e. The van der Waals surface area contributed by atoms with Gasteiger partial charge in [-0.15, -0.1) is 0 Å². The van der Waals surface area contributed by atoms with Crippen LogP contribution in [0.3, 0.4) is 0 Å². The molecule has 0 spiro atoms. The molecular weight excluding hydrogens is 283 g/mol. The first-order chi connectivity index (χ1) is 8.62. The van der Waals surface area contributed by atoms with Crippen LogP contribution < -0.4 is 4.72 Å². The molecule has 19 heavy (non-hydrogen) atoms. The minimum atomic E-state index is -4.40. The molecule has 1 unspecified atom stereocenters. The molecule has 1 aromatic rings. The van der Waals surface area contributed by atoms with Crippen molar-refractivity contribution in [3.8, 4) is 0 Å². The van der Waals surface area contributed by atoms with Crippen molar-refractivity contribution in [3.63, 3.8) is 0 Å². The summed E-state index contributed by atoms with van der Waals surface area (Å²) in [5, 5.41) is 9.26. The Morgan fingerprint density at radius 1 is 1.26 bits per heavy atom. The molecule has 0 aliphatic heterocycles. The number of aliphatic hydroxyl groups excluding tert-OH is 1. The molecule has 0 fully saturated rings. The average molecular weight is 297 g/mol. The van der Waals surface area contributed by atoms with E-state index in [-0.39, 0.29) is 4.90 Å². The Labute approximate surface area is 109 Å². The van der Waals surface area contributed by atoms with Crippen molar-refractivity contribution >= 4 is 10.0 Å². The summed E-state index contributed by atoms with van der Waals surface area (Å²) in [4.78, 5) is -0.140. The summed E-state index contributed by atoms with van der Waals surface area (Å²) in [7, 11) is -3.96. The van der Waals surface area contributed by atoms with Crippen LogP contribution in [0.1, 0.15) is 25.0 Å². The molecule has 0 aliphatic rings. The fourth-order valence-corrected chi connectivity index (χ4v) is 2.37. The van der Waals surface area contributed by atoms with Crippen molar-refractivity contribution in [2.24, 2.45) is 0 Å². The van der Waals surface area contributed by atoms with Crippen molar-refractivity contribution in [3.05, 3.63) is 29.8 Å². The lowest BCUT2D eigenvalue weighted by Gasteiger charge is -2.10. The molecule has 8 heteroatoms. The molecule has 0 saturated carbocycles. The van der Waals surface area contributed by atoms with E-state index in [1.807, 2.05) is 4.72 Å². The molecule has 2 N–H and O–H groups in total. The molecule has 0 radical (unpaired) electrons. The van der Waals surface area contributed by atoms with Gasteiger partial charge in [0.2, 0.25) is 10.0 Å². The number of halogens is 3. The maximum Gasteiger partial charge on any atom is 0.390 e. The summed E-state index contributed by atoms with van der Waals surface area (Å²) in [6, 6.07) is 5.28. The van der Waals surface area contributed by atoms with Crippen molar-refractivity contribution < 1.29 is 26.7 Å². The molecule has 0 heterocycles. The maximum absolute atomic E-state index is 11.9. The maximum atomic E-state index is 11.9. The predicted octanol–water partition coefficient (Wildman–Crippen LogP) is 1.97. The molecule has 4 nitrogen and oxygen atoms in total. The van der Waals surface area contributed by atoms with Gasteiger partial charge in [-0.25, -0.2) is 13.1 Å². The van der Waals surface area contributed by atoms with E-state index in [2.05, 4.69) is 0 Å². The van der Waals surface area contributed by atoms with Gasteiger partial charge >= 0.3 is 6.18 Å². The molecule has 108 valence electrons. The lowest BCUT2D eigenvalue weighted by atomic mass is 10.1. The van der Waals surface area contributed by atoms with Crippen LogP contribution in [0.4, 0.5) is 13.2 Å². The van der Waals surface area contributed by atoms with Gasteiger partial charge in [0, 0.05) is 6.54 Å². The fraction of sp³-hybridized carbons (Fsp3) is 0.455. The number of benzene rings is 1. The number of aliphatic hydroxyl groups is 1. The molecule has 0 aromatic heterocycles. The zero-order chi connectivity index (χ0) is 14.7. The van der Waals surface area contributed by atoms with Crippen LogP contribution in [0.5, 0.6) is 0 Å². The second-order valence-electron chi connectivity index (χ2n) is 4.01. The summed E-state index contributed by atoms with van der Waals surface area (Å²) >= 11 is 0. The Balaban J connectivity index is 2.72. The molecule has 1 rings (SSSR count). The van der Waals surface area contributed by atoms with Crippen molar-refractivity contribution in [1.82, 2.24) is 4.72 Å². The normalized spacial score (nSPS) is 14.4. The van der Waals surface area contributed by atoms with Gasteiger partial charge in [-0.2, -0.15) is 13.2 Å². The van der Waals surface area contributed by atoms with E-state index in [1.165, 1.54) is 31.2 Å². The largest absolute Gasteiger partial charge is 0.390 e. The van der Waals surface area contributed by atoms with Gasteiger partial charge in [0.1, 0.15) is 0 Å². The Morgan fingerprint density at radius 3 is 2.21 bits per heavy atom. The van der Waals surface area contributed by atoms with Gasteiger partial charge in [-0.1, -0.05) is 12.1 Å². The summed E-state index contributed by atoms with van der Waals surface area (Å²) in [6.45, 7) is 0.815. The first-order valence-electron chi connectivity index (χ1n) is 5.46. The third-order valence-electron chi connectivity index (χ3n) is 2.37. The van der Waals surface area contributed by atoms with Crippen LogP contribution in [-0.2, 0) is 10.0 Å². The van der Waals surface area contributed by atoms with E-state index in [0.29, 0.717) is 5.56 Å². The molecule has 1 atom stereocenters. The zero-order valence-corrected chi connectivity index (χ0v) is 10.9. The lowest BCUT2D eigenvalue weighted by molar-refractivity contribution is -0.132. The Morgan fingerprint density at radius 2 is 1.79 bits per heavy atom. The van der Waals surface area contributed by atoms with Gasteiger partial charge in [-0.05, 0) is 24.6 Å². The number of hydrogen-bond donors (Lipinski definition) is 2. The van der Waals surface area contributed by atoms with Crippen LogP contribution in [0, 0.1) is 0 Å². The monoisotopic (exact) mass is 297 g/mol. The highest BCUT2D eigenvalue weighted by Gasteiger charge is 2.27. The topological polar surface area (TPSA) is 66.4 Å². The van der Waals surface area contributed by atoms with Crippen LogP contribution in [0.15, 0.2) is 29.2 Å². The van der Waals surface area contributed by atoms with Crippen molar-refractivity contribution in [2.75, 3.05) is 6.54 Å². The van der Waals surface area contributed by atoms with E-state index >= 15 is 0 Å². The quantitative estimate of drug-likeness (QED) is 0.873. The predicted molar refractivity (Wildman–Crippen MR) is 62.9 cm³/mol. The molecule has 0 saturated heterocycles. The number of alkyl halides is 3. The van der Waals surface area contributed by atoms with Gasteiger partial charge in [0.15, 0.2) is 0 Å². The highest BCUT2D eigenvalue weighted by Crippen LogP contribution is 2.19. The molecule has 0 amide bonds. The molecule has 1 aromatic carbocycles.